The van der Waals surface area contributed by atoms with Gasteiger partial charge in [-0.2, -0.15) is 0 Å². The van der Waals surface area contributed by atoms with Gasteiger partial charge in [-0.15, -0.1) is 0 Å². The number of nitrogens with one attached hydrogen (secondary N) is 2. The van der Waals surface area contributed by atoms with Crippen molar-refractivity contribution in [3.8, 4) is 11.5 Å². The van der Waals surface area contributed by atoms with Crippen molar-refractivity contribution in [3.63, 3.8) is 0 Å². The summed E-state index contributed by atoms with van der Waals surface area (Å²) in [4.78, 5) is 78.6. The topological polar surface area (TPSA) is 170 Å². The molecule has 2 amide bonds. The molecule has 0 bridgehead atoms. The highest BCUT2D eigenvalue weighted by Gasteiger charge is 2.17. The molecular formula is C62H100N4O10. The number of amides is 2. The molecule has 2 N–H and O–H groups in total. The Labute approximate surface area is 458 Å². The molecule has 0 spiro atoms. The Kier molecular flexibility index (Phi) is 36.4. The number of nitrogens with zero attached hydrogens (tertiary/aromatic N) is 2. The lowest BCUT2D eigenvalue weighted by atomic mass is 10.1. The molecule has 14 nitrogen and oxygen atoms in total. The van der Waals surface area contributed by atoms with Gasteiger partial charge in [-0.3, -0.25) is 28.8 Å². The van der Waals surface area contributed by atoms with E-state index in [0.29, 0.717) is 75.3 Å². The van der Waals surface area contributed by atoms with Crippen LogP contribution in [0.15, 0.2) is 48.5 Å². The summed E-state index contributed by atoms with van der Waals surface area (Å²) in [7, 11) is 0. The van der Waals surface area contributed by atoms with Crippen molar-refractivity contribution in [2.75, 3.05) is 65.6 Å². The third-order valence-corrected chi connectivity index (χ3v) is 13.9. The van der Waals surface area contributed by atoms with Gasteiger partial charge in [-0.05, 0) is 125 Å². The van der Waals surface area contributed by atoms with Crippen molar-refractivity contribution in [1.29, 1.82) is 0 Å². The molecular weight excluding hydrogens is 961 g/mol. The zero-order valence-corrected chi connectivity index (χ0v) is 47.6. The molecule has 14 heteroatoms. The van der Waals surface area contributed by atoms with Gasteiger partial charge in [0.05, 0.1) is 26.1 Å². The van der Waals surface area contributed by atoms with Gasteiger partial charge < -0.3 is 39.4 Å². The molecule has 3 rings (SSSR count). The molecule has 0 unspecified atom stereocenters. The van der Waals surface area contributed by atoms with Crippen LogP contribution in [-0.4, -0.2) is 111 Å². The first kappa shape index (κ1) is 65.5. The molecule has 2 aromatic carbocycles. The zero-order valence-electron chi connectivity index (χ0n) is 47.6. The maximum absolute atomic E-state index is 12.6. The smallest absolute Gasteiger partial charge is 0.311 e. The second-order valence-corrected chi connectivity index (χ2v) is 21.8. The van der Waals surface area contributed by atoms with Gasteiger partial charge in [0, 0.05) is 65.0 Å². The second-order valence-electron chi connectivity index (χ2n) is 21.8. The van der Waals surface area contributed by atoms with Crippen LogP contribution in [-0.2, 0) is 51.1 Å². The molecule has 76 heavy (non-hydrogen) atoms. The zero-order chi connectivity index (χ0) is 54.9. The first-order valence-electron chi connectivity index (χ1n) is 29.7. The van der Waals surface area contributed by atoms with Gasteiger partial charge in [-0.1, -0.05) is 129 Å². The second kappa shape index (κ2) is 42.2. The Balaban J connectivity index is 1.09. The van der Waals surface area contributed by atoms with Crippen LogP contribution in [0.3, 0.4) is 0 Å². The number of hydrogen-bond acceptors (Lipinski definition) is 12. The standard InChI is InChI=1S/C62H100N4O10/c1-51(2)25-21-47-73-59(69)27-17-13-9-5-7-11-15-19-29-61(71)75-55-35-31-53(32-36-55)49-57(67)63-39-23-41-65-43-45-66(46-44-65)42-24-40-64-58(68)50-54-33-37-56(38-34-54)76-62(72)30-20-16-12-8-6-10-14-18-28-60(70)74-48-22-26-52(3)4/h31-38,51-52H,5-30,39-50H2,1-4H3,(H,63,67)(H,64,68). The van der Waals surface area contributed by atoms with Crippen LogP contribution in [0.1, 0.15) is 206 Å². The van der Waals surface area contributed by atoms with Crippen LogP contribution in [0, 0.1) is 11.8 Å². The van der Waals surface area contributed by atoms with Crippen molar-refractivity contribution in [2.45, 2.75) is 207 Å². The predicted octanol–water partition coefficient (Wildman–Crippen LogP) is 11.7. The molecule has 0 aromatic heterocycles. The third-order valence-electron chi connectivity index (χ3n) is 13.9. The van der Waals surface area contributed by atoms with E-state index in [9.17, 15) is 28.8 Å². The number of carbonyl (C=O) groups excluding carboxylic acids is 6. The Morgan fingerprint density at radius 1 is 0.408 bits per heavy atom. The lowest BCUT2D eigenvalue weighted by molar-refractivity contribution is -0.144. The van der Waals surface area contributed by atoms with Crippen LogP contribution in [0.25, 0.3) is 0 Å². The average molecular weight is 1060 g/mol. The monoisotopic (exact) mass is 1060 g/mol. The summed E-state index contributed by atoms with van der Waals surface area (Å²) in [6.07, 6.45) is 24.5. The number of esters is 4. The van der Waals surface area contributed by atoms with E-state index >= 15 is 0 Å². The average Bonchev–Trinajstić information content (AvgIpc) is 3.39. The first-order chi connectivity index (χ1) is 36.8. The van der Waals surface area contributed by atoms with E-state index in [2.05, 4.69) is 48.1 Å². The van der Waals surface area contributed by atoms with E-state index in [1.165, 1.54) is 0 Å². The number of benzene rings is 2. The number of unbranched alkanes of at least 4 members (excludes halogenated alkanes) is 14. The van der Waals surface area contributed by atoms with Crippen LogP contribution in [0.4, 0.5) is 0 Å². The predicted molar refractivity (Wildman–Crippen MR) is 302 cm³/mol. The summed E-state index contributed by atoms with van der Waals surface area (Å²) >= 11 is 0. The molecule has 1 aliphatic heterocycles. The fourth-order valence-corrected chi connectivity index (χ4v) is 9.21. The summed E-state index contributed by atoms with van der Waals surface area (Å²) in [6, 6.07) is 14.4. The minimum atomic E-state index is -0.235. The highest BCUT2D eigenvalue weighted by molar-refractivity contribution is 5.79. The Bertz CT molecular complexity index is 1750. The number of rotatable bonds is 44. The number of hydrogen-bond donors (Lipinski definition) is 2. The van der Waals surface area contributed by atoms with Crippen molar-refractivity contribution < 1.29 is 47.7 Å². The summed E-state index contributed by atoms with van der Waals surface area (Å²) in [5, 5.41) is 6.08. The Morgan fingerprint density at radius 2 is 0.711 bits per heavy atom. The lowest BCUT2D eigenvalue weighted by Gasteiger charge is -2.34. The Hall–Kier alpha value is -4.82. The molecule has 0 radical (unpaired) electrons. The van der Waals surface area contributed by atoms with Crippen molar-refractivity contribution in [1.82, 2.24) is 20.4 Å². The van der Waals surface area contributed by atoms with Crippen LogP contribution < -0.4 is 20.1 Å². The fraction of sp³-hybridized carbons (Fsp3) is 0.710. The number of piperazine rings is 1. The van der Waals surface area contributed by atoms with E-state index in [0.717, 1.165) is 192 Å². The maximum Gasteiger partial charge on any atom is 0.311 e. The summed E-state index contributed by atoms with van der Waals surface area (Å²) in [5.74, 6) is 1.60. The van der Waals surface area contributed by atoms with E-state index in [-0.39, 0.29) is 48.5 Å². The van der Waals surface area contributed by atoms with Crippen molar-refractivity contribution in [2.24, 2.45) is 11.8 Å². The normalized spacial score (nSPS) is 12.9. The number of ether oxygens (including phenoxy) is 4. The highest BCUT2D eigenvalue weighted by atomic mass is 16.5. The van der Waals surface area contributed by atoms with Crippen molar-refractivity contribution in [3.05, 3.63) is 59.7 Å². The molecule has 0 aliphatic carbocycles. The summed E-state index contributed by atoms with van der Waals surface area (Å²) < 4.78 is 21.7. The molecule has 1 fully saturated rings. The summed E-state index contributed by atoms with van der Waals surface area (Å²) in [6.45, 7) is 16.8. The minimum Gasteiger partial charge on any atom is -0.466 e. The summed E-state index contributed by atoms with van der Waals surface area (Å²) in [5.41, 5.74) is 1.74. The van der Waals surface area contributed by atoms with Gasteiger partial charge in [0.25, 0.3) is 0 Å². The van der Waals surface area contributed by atoms with E-state index in [1.54, 1.807) is 24.3 Å². The van der Waals surface area contributed by atoms with E-state index in [4.69, 9.17) is 18.9 Å². The van der Waals surface area contributed by atoms with Gasteiger partial charge in [0.2, 0.25) is 11.8 Å². The molecule has 1 aliphatic rings. The van der Waals surface area contributed by atoms with Gasteiger partial charge in [0.1, 0.15) is 11.5 Å². The van der Waals surface area contributed by atoms with Crippen LogP contribution in [0.5, 0.6) is 11.5 Å². The third kappa shape index (κ3) is 35.5. The molecule has 0 saturated carbocycles. The Morgan fingerprint density at radius 3 is 1.03 bits per heavy atom. The first-order valence-corrected chi connectivity index (χ1v) is 29.7. The van der Waals surface area contributed by atoms with Crippen molar-refractivity contribution >= 4 is 35.7 Å². The van der Waals surface area contributed by atoms with Gasteiger partial charge in [-0.25, -0.2) is 0 Å². The lowest BCUT2D eigenvalue weighted by Crippen LogP contribution is -2.47. The van der Waals surface area contributed by atoms with Crippen LogP contribution >= 0.6 is 0 Å². The largest absolute Gasteiger partial charge is 0.466 e. The quantitative estimate of drug-likeness (QED) is 0.0366. The molecule has 2 aromatic rings. The molecule has 1 saturated heterocycles. The van der Waals surface area contributed by atoms with E-state index in [1.807, 2.05) is 24.3 Å². The molecule has 428 valence electrons. The fourth-order valence-electron chi connectivity index (χ4n) is 9.21. The maximum atomic E-state index is 12.6. The highest BCUT2D eigenvalue weighted by Crippen LogP contribution is 2.18. The van der Waals surface area contributed by atoms with Gasteiger partial charge in [0.15, 0.2) is 0 Å². The molecule has 0 atom stereocenters. The molecule has 1 heterocycles. The minimum absolute atomic E-state index is 0.0251. The SMILES string of the molecule is CC(C)CCCOC(=O)CCCCCCCCCCC(=O)Oc1ccc(CC(=O)NCCCN2CCN(CCCNC(=O)Cc3ccc(OC(=O)CCCCCCCCCCC(=O)OCCCC(C)C)cc3)CC2)cc1. The van der Waals surface area contributed by atoms with Crippen LogP contribution in [0.2, 0.25) is 0 Å². The number of carbonyl (C=O) groups is 6. The van der Waals surface area contributed by atoms with E-state index < -0.39 is 0 Å². The van der Waals surface area contributed by atoms with Gasteiger partial charge >= 0.3 is 23.9 Å².